The Bertz CT molecular complexity index is 514. The van der Waals surface area contributed by atoms with Crippen molar-refractivity contribution in [1.29, 1.82) is 5.26 Å². The molecule has 1 N–H and O–H groups in total. The van der Waals surface area contributed by atoms with Crippen LogP contribution >= 0.6 is 0 Å². The summed E-state index contributed by atoms with van der Waals surface area (Å²) in [5.74, 6) is 0. The molecule has 0 aliphatic carbocycles. The van der Waals surface area contributed by atoms with Gasteiger partial charge in [-0.15, -0.1) is 0 Å². The van der Waals surface area contributed by atoms with E-state index in [1.54, 1.807) is 6.07 Å². The van der Waals surface area contributed by atoms with Gasteiger partial charge in [-0.2, -0.15) is 5.26 Å². The van der Waals surface area contributed by atoms with E-state index < -0.39 is 27.3 Å². The first-order valence-electron chi connectivity index (χ1n) is 4.86. The van der Waals surface area contributed by atoms with E-state index in [0.29, 0.717) is 0 Å². The van der Waals surface area contributed by atoms with Crippen molar-refractivity contribution in [3.05, 3.63) is 43.5 Å². The third kappa shape index (κ3) is 2.78. The number of aliphatic hydroxyl groups is 1. The Morgan fingerprint density at radius 2 is 1.78 bits per heavy atom. The van der Waals surface area contributed by atoms with Gasteiger partial charge in [0.1, 0.15) is 11.7 Å². The Kier molecular flexibility index (Phi) is 3.91. The lowest BCUT2D eigenvalue weighted by Crippen LogP contribution is -2.08. The molecule has 0 amide bonds. The summed E-state index contributed by atoms with van der Waals surface area (Å²) in [6.45, 7) is 1.28. The number of hydrogen-bond acceptors (Lipinski definition) is 6. The maximum Gasteiger partial charge on any atom is 0.279 e. The number of aliphatic hydroxyl groups excluding tert-OH is 1. The molecule has 0 radical (unpaired) electrons. The zero-order valence-corrected chi connectivity index (χ0v) is 9.36. The summed E-state index contributed by atoms with van der Waals surface area (Å²) >= 11 is 0. The van der Waals surface area contributed by atoms with Gasteiger partial charge in [-0.1, -0.05) is 0 Å². The van der Waals surface area contributed by atoms with Crippen LogP contribution in [0.2, 0.25) is 0 Å². The number of nitro groups is 2. The molecule has 0 heterocycles. The smallest absolute Gasteiger partial charge is 0.279 e. The van der Waals surface area contributed by atoms with Gasteiger partial charge in [0.15, 0.2) is 0 Å². The highest BCUT2D eigenvalue weighted by molar-refractivity contribution is 5.55. The molecule has 0 aliphatic rings. The molecule has 0 bridgehead atoms. The fourth-order valence-corrected chi connectivity index (χ4v) is 1.51. The lowest BCUT2D eigenvalue weighted by Gasteiger charge is -2.05. The normalized spacial score (nSPS) is 11.6. The Morgan fingerprint density at radius 1 is 1.33 bits per heavy atom. The fourth-order valence-electron chi connectivity index (χ4n) is 1.51. The minimum atomic E-state index is -1.35. The van der Waals surface area contributed by atoms with Gasteiger partial charge >= 0.3 is 0 Å². The minimum Gasteiger partial charge on any atom is -0.378 e. The van der Waals surface area contributed by atoms with Gasteiger partial charge < -0.3 is 5.11 Å². The average molecular weight is 251 g/mol. The van der Waals surface area contributed by atoms with Crippen LogP contribution < -0.4 is 0 Å². The molecule has 1 rings (SSSR count). The van der Waals surface area contributed by atoms with Crippen molar-refractivity contribution in [3.63, 3.8) is 0 Å². The molecule has 94 valence electrons. The SMILES string of the molecule is Cc1c([N+](=O)[O-])cc(CC(O)C#N)cc1[N+](=O)[O-]. The number of nitrogens with zero attached hydrogens (tertiary/aromatic N) is 3. The fraction of sp³-hybridized carbons (Fsp3) is 0.300. The van der Waals surface area contributed by atoms with Gasteiger partial charge in [0, 0.05) is 18.6 Å². The van der Waals surface area contributed by atoms with Crippen molar-refractivity contribution in [1.82, 2.24) is 0 Å². The first-order valence-corrected chi connectivity index (χ1v) is 4.86. The van der Waals surface area contributed by atoms with Gasteiger partial charge in [-0.05, 0) is 12.5 Å². The van der Waals surface area contributed by atoms with E-state index in [9.17, 15) is 20.2 Å². The molecular weight excluding hydrogens is 242 g/mol. The number of hydrogen-bond donors (Lipinski definition) is 1. The molecule has 0 saturated carbocycles. The van der Waals surface area contributed by atoms with Crippen LogP contribution in [-0.2, 0) is 6.42 Å². The van der Waals surface area contributed by atoms with Crippen LogP contribution in [0.1, 0.15) is 11.1 Å². The molecular formula is C10H9N3O5. The molecule has 0 spiro atoms. The van der Waals surface area contributed by atoms with Crippen molar-refractivity contribution in [2.45, 2.75) is 19.4 Å². The second-order valence-electron chi connectivity index (χ2n) is 3.62. The standard InChI is InChI=1S/C10H9N3O5/c1-6-9(12(15)16)3-7(2-8(14)5-11)4-10(6)13(17)18/h3-4,8,14H,2H2,1H3. The quantitative estimate of drug-likeness (QED) is 0.486. The second-order valence-corrected chi connectivity index (χ2v) is 3.62. The molecule has 8 heteroatoms. The van der Waals surface area contributed by atoms with Crippen LogP contribution in [0.5, 0.6) is 0 Å². The van der Waals surface area contributed by atoms with E-state index in [-0.39, 0.29) is 17.5 Å². The van der Waals surface area contributed by atoms with Crippen LogP contribution in [0, 0.1) is 38.5 Å². The zero-order chi connectivity index (χ0) is 13.9. The lowest BCUT2D eigenvalue weighted by molar-refractivity contribution is -0.395. The van der Waals surface area contributed by atoms with Crippen LogP contribution in [0.15, 0.2) is 12.1 Å². The predicted octanol–water partition coefficient (Wildman–Crippen LogP) is 1.24. The molecule has 18 heavy (non-hydrogen) atoms. The number of benzene rings is 1. The minimum absolute atomic E-state index is 0.0554. The highest BCUT2D eigenvalue weighted by atomic mass is 16.6. The van der Waals surface area contributed by atoms with Crippen molar-refractivity contribution in [3.8, 4) is 6.07 Å². The summed E-state index contributed by atoms with van der Waals surface area (Å²) in [4.78, 5) is 20.1. The van der Waals surface area contributed by atoms with Crippen LogP contribution in [0.3, 0.4) is 0 Å². The van der Waals surface area contributed by atoms with E-state index in [4.69, 9.17) is 10.4 Å². The van der Waals surface area contributed by atoms with E-state index in [0.717, 1.165) is 12.1 Å². The number of rotatable bonds is 4. The van der Waals surface area contributed by atoms with Gasteiger partial charge in [-0.3, -0.25) is 20.2 Å². The first-order chi connectivity index (χ1) is 8.36. The van der Waals surface area contributed by atoms with Crippen molar-refractivity contribution >= 4 is 11.4 Å². The Morgan fingerprint density at radius 3 is 2.11 bits per heavy atom. The van der Waals surface area contributed by atoms with E-state index in [1.165, 1.54) is 6.92 Å². The Hall–Kier alpha value is -2.53. The Labute approximate surface area is 101 Å². The third-order valence-electron chi connectivity index (χ3n) is 2.38. The molecule has 1 aromatic rings. The van der Waals surface area contributed by atoms with Crippen LogP contribution in [0.25, 0.3) is 0 Å². The van der Waals surface area contributed by atoms with Gasteiger partial charge in [0.05, 0.1) is 15.9 Å². The molecule has 8 nitrogen and oxygen atoms in total. The largest absolute Gasteiger partial charge is 0.378 e. The summed E-state index contributed by atoms with van der Waals surface area (Å²) < 4.78 is 0. The summed E-state index contributed by atoms with van der Waals surface area (Å²) in [6.07, 6.45) is -1.55. The van der Waals surface area contributed by atoms with E-state index in [1.807, 2.05) is 0 Å². The number of nitro benzene ring substituents is 2. The monoisotopic (exact) mass is 251 g/mol. The van der Waals surface area contributed by atoms with E-state index >= 15 is 0 Å². The van der Waals surface area contributed by atoms with Crippen molar-refractivity contribution < 1.29 is 15.0 Å². The number of nitriles is 1. The average Bonchev–Trinajstić information content (AvgIpc) is 2.30. The van der Waals surface area contributed by atoms with Gasteiger partial charge in [0.2, 0.25) is 0 Å². The first kappa shape index (κ1) is 13.5. The third-order valence-corrected chi connectivity index (χ3v) is 2.38. The molecule has 0 saturated heterocycles. The summed E-state index contributed by atoms with van der Waals surface area (Å²) in [7, 11) is 0. The Balaban J connectivity index is 3.34. The molecule has 0 aliphatic heterocycles. The maximum atomic E-state index is 10.8. The van der Waals surface area contributed by atoms with E-state index in [2.05, 4.69) is 0 Å². The summed E-state index contributed by atoms with van der Waals surface area (Å²) in [6, 6.07) is 3.80. The van der Waals surface area contributed by atoms with Crippen LogP contribution in [-0.4, -0.2) is 21.1 Å². The topological polar surface area (TPSA) is 130 Å². The summed E-state index contributed by atoms with van der Waals surface area (Å²) in [5.41, 5.74) is -0.679. The highest BCUT2D eigenvalue weighted by Crippen LogP contribution is 2.29. The molecule has 1 unspecified atom stereocenters. The van der Waals surface area contributed by atoms with Gasteiger partial charge in [-0.25, -0.2) is 0 Å². The second kappa shape index (κ2) is 5.20. The zero-order valence-electron chi connectivity index (χ0n) is 9.36. The molecule has 0 aromatic heterocycles. The molecule has 0 fully saturated rings. The van der Waals surface area contributed by atoms with Crippen molar-refractivity contribution in [2.75, 3.05) is 0 Å². The maximum absolute atomic E-state index is 10.8. The summed E-state index contributed by atoms with van der Waals surface area (Å²) in [5, 5.41) is 39.1. The van der Waals surface area contributed by atoms with Gasteiger partial charge in [0.25, 0.3) is 11.4 Å². The lowest BCUT2D eigenvalue weighted by atomic mass is 10.0. The van der Waals surface area contributed by atoms with Crippen LogP contribution in [0.4, 0.5) is 11.4 Å². The molecule has 1 aromatic carbocycles. The molecule has 1 atom stereocenters. The predicted molar refractivity (Wildman–Crippen MR) is 59.8 cm³/mol. The van der Waals surface area contributed by atoms with Crippen molar-refractivity contribution in [2.24, 2.45) is 0 Å². The highest BCUT2D eigenvalue weighted by Gasteiger charge is 2.23.